The highest BCUT2D eigenvalue weighted by Gasteiger charge is 2.34. The van der Waals surface area contributed by atoms with Gasteiger partial charge in [-0.15, -0.1) is 5.10 Å². The number of carbonyl (C=O) groups is 1. The first kappa shape index (κ1) is 26.0. The van der Waals surface area contributed by atoms with Crippen LogP contribution in [0.25, 0.3) is 5.65 Å². The second kappa shape index (κ2) is 11.0. The lowest BCUT2D eigenvalue weighted by atomic mass is 9.84. The van der Waals surface area contributed by atoms with E-state index in [0.717, 1.165) is 29.1 Å². The predicted octanol–water partition coefficient (Wildman–Crippen LogP) is 3.91. The first-order valence-electron chi connectivity index (χ1n) is 12.7. The molecule has 1 aliphatic rings. The molecule has 0 radical (unpaired) electrons. The van der Waals surface area contributed by atoms with E-state index < -0.39 is 5.60 Å². The van der Waals surface area contributed by atoms with Gasteiger partial charge in [-0.05, 0) is 81.0 Å². The van der Waals surface area contributed by atoms with Gasteiger partial charge in [-0.25, -0.2) is 4.52 Å². The van der Waals surface area contributed by atoms with Gasteiger partial charge < -0.3 is 25.5 Å². The number of likely N-dealkylation sites (N-methyl/N-ethyl adjacent to an activating group) is 1. The standard InChI is InChI=1S/C28H32ClN7O2/c1-34(2)19-15-30-26(37)20-5-11-23(12-6-20)31-27-32-25-24(4-3-16-36(25)33-27)35-17-13-28(38,14-18-35)21-7-9-22(29)10-8-21/h3-12,16,38H,13-15,17-19H2,1-2H3,(H,30,37)(H,31,33). The van der Waals surface area contributed by atoms with Gasteiger partial charge in [-0.2, -0.15) is 4.98 Å². The van der Waals surface area contributed by atoms with E-state index in [1.54, 1.807) is 16.6 Å². The van der Waals surface area contributed by atoms with Gasteiger partial charge in [-0.1, -0.05) is 23.7 Å². The second-order valence-corrected chi connectivity index (χ2v) is 10.3. The van der Waals surface area contributed by atoms with E-state index in [9.17, 15) is 9.90 Å². The van der Waals surface area contributed by atoms with Crippen LogP contribution in [0.5, 0.6) is 0 Å². The van der Waals surface area contributed by atoms with Gasteiger partial charge in [-0.3, -0.25) is 4.79 Å². The topological polar surface area (TPSA) is 98.0 Å². The lowest BCUT2D eigenvalue weighted by Gasteiger charge is -2.39. The minimum absolute atomic E-state index is 0.0987. The van der Waals surface area contributed by atoms with Crippen molar-refractivity contribution in [2.24, 2.45) is 0 Å². The molecule has 0 spiro atoms. The van der Waals surface area contributed by atoms with E-state index in [0.29, 0.717) is 49.0 Å². The van der Waals surface area contributed by atoms with Gasteiger partial charge in [0, 0.05) is 48.6 Å². The summed E-state index contributed by atoms with van der Waals surface area (Å²) in [6.07, 6.45) is 3.07. The maximum Gasteiger partial charge on any atom is 0.251 e. The first-order valence-corrected chi connectivity index (χ1v) is 13.1. The van der Waals surface area contributed by atoms with Crippen LogP contribution in [-0.2, 0) is 5.60 Å². The van der Waals surface area contributed by atoms with Crippen LogP contribution in [0.4, 0.5) is 17.3 Å². The van der Waals surface area contributed by atoms with E-state index in [2.05, 4.69) is 20.6 Å². The quantitative estimate of drug-likeness (QED) is 0.316. The number of halogens is 1. The summed E-state index contributed by atoms with van der Waals surface area (Å²) in [5.41, 5.74) is 3.12. The Bertz CT molecular complexity index is 1400. The minimum Gasteiger partial charge on any atom is -0.385 e. The Morgan fingerprint density at radius 3 is 2.47 bits per heavy atom. The van der Waals surface area contributed by atoms with E-state index in [4.69, 9.17) is 16.6 Å². The average Bonchev–Trinajstić information content (AvgIpc) is 3.32. The van der Waals surface area contributed by atoms with Crippen molar-refractivity contribution in [2.45, 2.75) is 18.4 Å². The van der Waals surface area contributed by atoms with E-state index in [-0.39, 0.29) is 5.91 Å². The lowest BCUT2D eigenvalue weighted by molar-refractivity contribution is 0.0118. The molecule has 3 heterocycles. The zero-order valence-corrected chi connectivity index (χ0v) is 22.3. The number of piperidine rings is 1. The molecule has 2 aromatic carbocycles. The van der Waals surface area contributed by atoms with Crippen molar-refractivity contribution in [1.29, 1.82) is 0 Å². The molecule has 1 saturated heterocycles. The normalized spacial score (nSPS) is 15.1. The van der Waals surface area contributed by atoms with Crippen LogP contribution >= 0.6 is 11.6 Å². The molecule has 0 unspecified atom stereocenters. The maximum atomic E-state index is 12.3. The second-order valence-electron chi connectivity index (χ2n) is 9.88. The maximum absolute atomic E-state index is 12.3. The molecule has 10 heteroatoms. The Hall–Kier alpha value is -3.66. The first-order chi connectivity index (χ1) is 18.3. The van der Waals surface area contributed by atoms with E-state index in [1.807, 2.05) is 73.7 Å². The van der Waals surface area contributed by atoms with Crippen molar-refractivity contribution < 1.29 is 9.90 Å². The number of carbonyl (C=O) groups excluding carboxylic acids is 1. The number of benzene rings is 2. The summed E-state index contributed by atoms with van der Waals surface area (Å²) in [4.78, 5) is 21.3. The van der Waals surface area contributed by atoms with Crippen LogP contribution < -0.4 is 15.5 Å². The smallest absolute Gasteiger partial charge is 0.251 e. The number of fused-ring (bicyclic) bond motifs is 1. The molecule has 1 fully saturated rings. The molecule has 5 rings (SSSR count). The van der Waals surface area contributed by atoms with Crippen molar-refractivity contribution in [3.8, 4) is 0 Å². The largest absolute Gasteiger partial charge is 0.385 e. The fourth-order valence-corrected chi connectivity index (χ4v) is 4.81. The van der Waals surface area contributed by atoms with Crippen molar-refractivity contribution in [1.82, 2.24) is 24.8 Å². The number of rotatable bonds is 8. The highest BCUT2D eigenvalue weighted by Crippen LogP contribution is 2.36. The monoisotopic (exact) mass is 533 g/mol. The summed E-state index contributed by atoms with van der Waals surface area (Å²) in [5.74, 6) is 0.369. The molecule has 38 heavy (non-hydrogen) atoms. The molecular formula is C28H32ClN7O2. The zero-order chi connectivity index (χ0) is 26.7. The Kier molecular flexibility index (Phi) is 7.51. The molecule has 0 saturated carbocycles. The van der Waals surface area contributed by atoms with Gasteiger partial charge in [0.2, 0.25) is 5.95 Å². The van der Waals surface area contributed by atoms with Crippen LogP contribution in [0.1, 0.15) is 28.8 Å². The minimum atomic E-state index is -0.873. The number of amides is 1. The van der Waals surface area contributed by atoms with Crippen LogP contribution in [0.3, 0.4) is 0 Å². The number of hydrogen-bond acceptors (Lipinski definition) is 7. The Labute approximate surface area is 227 Å². The van der Waals surface area contributed by atoms with Gasteiger partial charge in [0.15, 0.2) is 5.65 Å². The molecule has 3 N–H and O–H groups in total. The van der Waals surface area contributed by atoms with Crippen LogP contribution in [-0.4, -0.2) is 70.8 Å². The summed E-state index contributed by atoms with van der Waals surface area (Å²) in [6.45, 7) is 2.75. The summed E-state index contributed by atoms with van der Waals surface area (Å²) >= 11 is 6.02. The zero-order valence-electron chi connectivity index (χ0n) is 21.6. The number of nitrogens with one attached hydrogen (secondary N) is 2. The fourth-order valence-electron chi connectivity index (χ4n) is 4.69. The van der Waals surface area contributed by atoms with Crippen molar-refractivity contribution >= 4 is 40.5 Å². The number of aliphatic hydroxyl groups is 1. The molecule has 198 valence electrons. The third-order valence-electron chi connectivity index (χ3n) is 6.90. The summed E-state index contributed by atoms with van der Waals surface area (Å²) in [7, 11) is 3.94. The van der Waals surface area contributed by atoms with Crippen molar-refractivity contribution in [3.63, 3.8) is 0 Å². The molecule has 1 aliphatic heterocycles. The Morgan fingerprint density at radius 2 is 1.79 bits per heavy atom. The van der Waals surface area contributed by atoms with Crippen LogP contribution in [0.2, 0.25) is 5.02 Å². The summed E-state index contributed by atoms with van der Waals surface area (Å²) in [5, 5.41) is 22.7. The third-order valence-corrected chi connectivity index (χ3v) is 7.15. The molecule has 0 bridgehead atoms. The fraction of sp³-hybridized carbons (Fsp3) is 0.321. The lowest BCUT2D eigenvalue weighted by Crippen LogP contribution is -2.42. The highest BCUT2D eigenvalue weighted by atomic mass is 35.5. The summed E-state index contributed by atoms with van der Waals surface area (Å²) in [6, 6.07) is 18.7. The number of hydrogen-bond donors (Lipinski definition) is 3. The Morgan fingerprint density at radius 1 is 1.08 bits per heavy atom. The molecule has 0 aliphatic carbocycles. The van der Waals surface area contributed by atoms with Gasteiger partial charge in [0.1, 0.15) is 0 Å². The SMILES string of the molecule is CN(C)CCNC(=O)c1ccc(Nc2nc3c(N4CCC(O)(c5ccc(Cl)cc5)CC4)cccn3n2)cc1. The van der Waals surface area contributed by atoms with E-state index >= 15 is 0 Å². The number of nitrogens with zero attached hydrogens (tertiary/aromatic N) is 5. The van der Waals surface area contributed by atoms with Crippen molar-refractivity contribution in [3.05, 3.63) is 83.0 Å². The average molecular weight is 534 g/mol. The molecule has 1 amide bonds. The molecule has 0 atom stereocenters. The summed E-state index contributed by atoms with van der Waals surface area (Å²) < 4.78 is 1.75. The number of anilines is 3. The van der Waals surface area contributed by atoms with Gasteiger partial charge in [0.25, 0.3) is 5.91 Å². The van der Waals surface area contributed by atoms with Gasteiger partial charge in [0.05, 0.1) is 11.3 Å². The van der Waals surface area contributed by atoms with Crippen LogP contribution in [0.15, 0.2) is 66.9 Å². The van der Waals surface area contributed by atoms with Gasteiger partial charge >= 0.3 is 0 Å². The highest BCUT2D eigenvalue weighted by molar-refractivity contribution is 6.30. The number of pyridine rings is 1. The molecular weight excluding hydrogens is 502 g/mol. The molecule has 9 nitrogen and oxygen atoms in total. The molecule has 2 aromatic heterocycles. The van der Waals surface area contributed by atoms with Crippen LogP contribution in [0, 0.1) is 0 Å². The Balaban J connectivity index is 1.25. The predicted molar refractivity (Wildman–Crippen MR) is 150 cm³/mol. The molecule has 4 aromatic rings. The third kappa shape index (κ3) is 5.75. The van der Waals surface area contributed by atoms with Crippen molar-refractivity contribution in [2.75, 3.05) is 50.5 Å². The number of aromatic nitrogens is 3. The van der Waals surface area contributed by atoms with E-state index in [1.165, 1.54) is 0 Å².